The fourth-order valence-electron chi connectivity index (χ4n) is 1.67. The van der Waals surface area contributed by atoms with Crippen LogP contribution in [0.4, 0.5) is 0 Å². The zero-order chi connectivity index (χ0) is 14.5. The first kappa shape index (κ1) is 15.8. The van der Waals surface area contributed by atoms with Crippen LogP contribution in [0.3, 0.4) is 0 Å². The van der Waals surface area contributed by atoms with E-state index in [9.17, 15) is 9.90 Å². The van der Waals surface area contributed by atoms with Crippen molar-refractivity contribution in [1.82, 2.24) is 4.90 Å². The van der Waals surface area contributed by atoms with E-state index in [0.717, 1.165) is 0 Å². The molecule has 1 rings (SSSR count). The van der Waals surface area contributed by atoms with Gasteiger partial charge in [0.15, 0.2) is 0 Å². The Kier molecular flexibility index (Phi) is 5.63. The summed E-state index contributed by atoms with van der Waals surface area (Å²) < 4.78 is 5.45. The molecule has 0 heterocycles. The molecule has 0 aromatic heterocycles. The number of rotatable bonds is 6. The molecule has 106 valence electrons. The number of hydrogen-bond donors (Lipinski definition) is 1. The summed E-state index contributed by atoms with van der Waals surface area (Å²) in [5.74, 6) is 0.497. The summed E-state index contributed by atoms with van der Waals surface area (Å²) in [6.45, 7) is 3.88. The van der Waals surface area contributed by atoms with Crippen molar-refractivity contribution in [3.8, 4) is 5.75 Å². The predicted octanol–water partition coefficient (Wildman–Crippen LogP) is 2.34. The summed E-state index contributed by atoms with van der Waals surface area (Å²) in [6, 6.07) is 7.13. The molecule has 0 radical (unpaired) electrons. The first-order valence-electron chi connectivity index (χ1n) is 6.13. The van der Waals surface area contributed by atoms with Crippen LogP contribution in [-0.2, 0) is 4.79 Å². The maximum absolute atomic E-state index is 11.8. The van der Waals surface area contributed by atoms with Gasteiger partial charge in [0, 0.05) is 13.6 Å². The van der Waals surface area contributed by atoms with Crippen molar-refractivity contribution in [2.24, 2.45) is 0 Å². The van der Waals surface area contributed by atoms with Gasteiger partial charge in [0.1, 0.15) is 5.75 Å². The number of halogens is 1. The van der Waals surface area contributed by atoms with Crippen LogP contribution in [0.15, 0.2) is 24.3 Å². The zero-order valence-electron chi connectivity index (χ0n) is 11.5. The number of para-hydroxylation sites is 1. The minimum Gasteiger partial charge on any atom is -0.491 e. The van der Waals surface area contributed by atoms with E-state index in [1.165, 1.54) is 4.90 Å². The quantitative estimate of drug-likeness (QED) is 0.873. The third kappa shape index (κ3) is 5.94. The van der Waals surface area contributed by atoms with Gasteiger partial charge in [0.25, 0.3) is 0 Å². The van der Waals surface area contributed by atoms with Gasteiger partial charge in [-0.1, -0.05) is 23.7 Å². The Hall–Kier alpha value is -1.26. The van der Waals surface area contributed by atoms with Crippen molar-refractivity contribution in [1.29, 1.82) is 0 Å². The lowest BCUT2D eigenvalue weighted by Crippen LogP contribution is -2.40. The van der Waals surface area contributed by atoms with Crippen molar-refractivity contribution < 1.29 is 14.6 Å². The van der Waals surface area contributed by atoms with E-state index in [2.05, 4.69) is 0 Å². The Morgan fingerprint density at radius 1 is 1.42 bits per heavy atom. The maximum atomic E-state index is 11.8. The molecule has 0 saturated heterocycles. The lowest BCUT2D eigenvalue weighted by atomic mass is 10.1. The minimum atomic E-state index is -0.895. The van der Waals surface area contributed by atoms with Crippen LogP contribution < -0.4 is 4.74 Å². The minimum absolute atomic E-state index is 0.0748. The van der Waals surface area contributed by atoms with Crippen molar-refractivity contribution in [2.75, 3.05) is 20.2 Å². The molecule has 1 amide bonds. The second kappa shape index (κ2) is 6.78. The average molecular weight is 286 g/mol. The molecule has 0 aliphatic heterocycles. The molecule has 0 bridgehead atoms. The maximum Gasteiger partial charge on any atom is 0.225 e. The van der Waals surface area contributed by atoms with Crippen LogP contribution >= 0.6 is 11.6 Å². The zero-order valence-corrected chi connectivity index (χ0v) is 12.3. The molecule has 0 aliphatic carbocycles. The predicted molar refractivity (Wildman–Crippen MR) is 75.5 cm³/mol. The molecule has 1 N–H and O–H groups in total. The molecule has 0 atom stereocenters. The number of nitrogens with zero attached hydrogens (tertiary/aromatic N) is 1. The third-order valence-corrected chi connectivity index (χ3v) is 2.77. The van der Waals surface area contributed by atoms with Gasteiger partial charge in [0.05, 0.1) is 23.7 Å². The normalized spacial score (nSPS) is 11.2. The standard InChI is InChI=1S/C14H20ClNO3/c1-14(2,18)10-16(3)13(17)8-9-19-12-7-5-4-6-11(12)15/h4-7,18H,8-10H2,1-3H3. The fourth-order valence-corrected chi connectivity index (χ4v) is 1.86. The van der Waals surface area contributed by atoms with Crippen molar-refractivity contribution in [3.63, 3.8) is 0 Å². The Morgan fingerprint density at radius 2 is 2.05 bits per heavy atom. The van der Waals surface area contributed by atoms with Gasteiger partial charge in [0.2, 0.25) is 5.91 Å². The first-order valence-corrected chi connectivity index (χ1v) is 6.51. The van der Waals surface area contributed by atoms with Crippen LogP contribution in [0.1, 0.15) is 20.3 Å². The lowest BCUT2D eigenvalue weighted by Gasteiger charge is -2.25. The Balaban J connectivity index is 2.37. The summed E-state index contributed by atoms with van der Waals surface area (Å²) in [6.07, 6.45) is 0.248. The lowest BCUT2D eigenvalue weighted by molar-refractivity contribution is -0.133. The molecule has 5 heteroatoms. The summed E-state index contributed by atoms with van der Waals surface area (Å²) in [7, 11) is 1.66. The summed E-state index contributed by atoms with van der Waals surface area (Å²) in [5, 5.41) is 10.2. The summed E-state index contributed by atoms with van der Waals surface area (Å²) in [5.41, 5.74) is -0.895. The van der Waals surface area contributed by atoms with Gasteiger partial charge < -0.3 is 14.7 Å². The Morgan fingerprint density at radius 3 is 2.63 bits per heavy atom. The molecular formula is C14H20ClNO3. The Labute approximate surface area is 118 Å². The monoisotopic (exact) mass is 285 g/mol. The number of likely N-dealkylation sites (N-methyl/N-ethyl adjacent to an activating group) is 1. The fraction of sp³-hybridized carbons (Fsp3) is 0.500. The molecule has 0 fully saturated rings. The third-order valence-electron chi connectivity index (χ3n) is 2.46. The topological polar surface area (TPSA) is 49.8 Å². The number of hydrogen-bond acceptors (Lipinski definition) is 3. The van der Waals surface area contributed by atoms with Crippen molar-refractivity contribution in [3.05, 3.63) is 29.3 Å². The van der Waals surface area contributed by atoms with E-state index in [1.54, 1.807) is 33.0 Å². The second-order valence-electron chi connectivity index (χ2n) is 5.09. The van der Waals surface area contributed by atoms with Crippen molar-refractivity contribution in [2.45, 2.75) is 25.9 Å². The van der Waals surface area contributed by atoms with Crippen LogP contribution in [-0.4, -0.2) is 41.7 Å². The number of carbonyl (C=O) groups is 1. The molecular weight excluding hydrogens is 266 g/mol. The molecule has 19 heavy (non-hydrogen) atoms. The smallest absolute Gasteiger partial charge is 0.225 e. The number of ether oxygens (including phenoxy) is 1. The second-order valence-corrected chi connectivity index (χ2v) is 5.50. The molecule has 1 aromatic carbocycles. The number of amides is 1. The molecule has 0 saturated carbocycles. The molecule has 0 unspecified atom stereocenters. The molecule has 1 aromatic rings. The van der Waals surface area contributed by atoms with Crippen molar-refractivity contribution >= 4 is 17.5 Å². The van der Waals surface area contributed by atoms with Gasteiger partial charge >= 0.3 is 0 Å². The highest BCUT2D eigenvalue weighted by Crippen LogP contribution is 2.23. The highest BCUT2D eigenvalue weighted by Gasteiger charge is 2.19. The van der Waals surface area contributed by atoms with Gasteiger partial charge in [-0.2, -0.15) is 0 Å². The van der Waals surface area contributed by atoms with Crippen LogP contribution in [0.5, 0.6) is 5.75 Å². The largest absolute Gasteiger partial charge is 0.491 e. The van der Waals surface area contributed by atoms with E-state index in [1.807, 2.05) is 12.1 Å². The summed E-state index contributed by atoms with van der Waals surface area (Å²) in [4.78, 5) is 13.3. The van der Waals surface area contributed by atoms with Crippen LogP contribution in [0, 0.1) is 0 Å². The van der Waals surface area contributed by atoms with Gasteiger partial charge in [-0.3, -0.25) is 4.79 Å². The molecule has 0 aliphatic rings. The van der Waals surface area contributed by atoms with E-state index >= 15 is 0 Å². The number of aliphatic hydroxyl groups is 1. The van der Waals surface area contributed by atoms with E-state index in [0.29, 0.717) is 10.8 Å². The van der Waals surface area contributed by atoms with E-state index in [-0.39, 0.29) is 25.5 Å². The summed E-state index contributed by atoms with van der Waals surface area (Å²) >= 11 is 5.94. The van der Waals surface area contributed by atoms with Crippen LogP contribution in [0.2, 0.25) is 5.02 Å². The Bertz CT molecular complexity index is 429. The number of benzene rings is 1. The average Bonchev–Trinajstić information content (AvgIpc) is 2.29. The van der Waals surface area contributed by atoms with Gasteiger partial charge in [-0.15, -0.1) is 0 Å². The van der Waals surface area contributed by atoms with E-state index < -0.39 is 5.60 Å². The highest BCUT2D eigenvalue weighted by atomic mass is 35.5. The van der Waals surface area contributed by atoms with E-state index in [4.69, 9.17) is 16.3 Å². The molecule has 4 nitrogen and oxygen atoms in total. The first-order chi connectivity index (χ1) is 8.79. The molecule has 0 spiro atoms. The van der Waals surface area contributed by atoms with Gasteiger partial charge in [-0.05, 0) is 26.0 Å². The SMILES string of the molecule is CN(CC(C)(C)O)C(=O)CCOc1ccccc1Cl. The number of carbonyl (C=O) groups excluding carboxylic acids is 1. The van der Waals surface area contributed by atoms with Crippen LogP contribution in [0.25, 0.3) is 0 Å². The highest BCUT2D eigenvalue weighted by molar-refractivity contribution is 6.32. The van der Waals surface area contributed by atoms with Gasteiger partial charge in [-0.25, -0.2) is 0 Å².